The highest BCUT2D eigenvalue weighted by Gasteiger charge is 2.36. The summed E-state index contributed by atoms with van der Waals surface area (Å²) in [5.74, 6) is -0.508. The first-order chi connectivity index (χ1) is 13.4. The lowest BCUT2D eigenvalue weighted by atomic mass is 10.1. The second kappa shape index (κ2) is 7.26. The van der Waals surface area contributed by atoms with Crippen molar-refractivity contribution in [3.8, 4) is 11.3 Å². The topological polar surface area (TPSA) is 70.6 Å². The van der Waals surface area contributed by atoms with Gasteiger partial charge in [0, 0.05) is 12.5 Å². The number of hydrazone groups is 1. The quantitative estimate of drug-likeness (QED) is 0.666. The Bertz CT molecular complexity index is 1060. The van der Waals surface area contributed by atoms with Crippen molar-refractivity contribution in [2.45, 2.75) is 13.2 Å². The molecule has 1 unspecified atom stereocenters. The van der Waals surface area contributed by atoms with E-state index in [9.17, 15) is 9.18 Å². The fraction of sp³-hybridized carbons (Fsp3) is 0.105. The SMILES string of the molecule is CC(=O)N1N=C(c2cc(-c3ccc(F)cc3)n[nH]2)OC1c1c(Cl)cccc1Cl. The van der Waals surface area contributed by atoms with Gasteiger partial charge in [-0.1, -0.05) is 29.3 Å². The zero-order valence-corrected chi connectivity index (χ0v) is 16.0. The van der Waals surface area contributed by atoms with Crippen LogP contribution in [0, 0.1) is 5.82 Å². The molecule has 0 radical (unpaired) electrons. The van der Waals surface area contributed by atoms with Crippen molar-refractivity contribution < 1.29 is 13.9 Å². The average Bonchev–Trinajstić information content (AvgIpc) is 3.29. The largest absolute Gasteiger partial charge is 0.444 e. The monoisotopic (exact) mass is 418 g/mol. The standard InChI is InChI=1S/C19H13Cl2FN4O2/c1-10(27)26-19(17-13(20)3-2-4-14(17)21)28-18(25-26)16-9-15(23-24-16)11-5-7-12(22)8-6-11/h2-9,19H,1H3,(H,23,24). The van der Waals surface area contributed by atoms with E-state index in [1.807, 2.05) is 0 Å². The van der Waals surface area contributed by atoms with Crippen molar-refractivity contribution >= 4 is 35.0 Å². The molecule has 28 heavy (non-hydrogen) atoms. The number of rotatable bonds is 3. The fourth-order valence-corrected chi connectivity index (χ4v) is 3.39. The van der Waals surface area contributed by atoms with Gasteiger partial charge in [0.2, 0.25) is 12.1 Å². The van der Waals surface area contributed by atoms with Crippen molar-refractivity contribution in [1.82, 2.24) is 15.2 Å². The van der Waals surface area contributed by atoms with E-state index in [0.29, 0.717) is 27.0 Å². The Labute approximate surface area is 169 Å². The highest BCUT2D eigenvalue weighted by molar-refractivity contribution is 6.36. The van der Waals surface area contributed by atoms with Crippen molar-refractivity contribution in [3.63, 3.8) is 0 Å². The van der Waals surface area contributed by atoms with Gasteiger partial charge in [0.25, 0.3) is 5.90 Å². The summed E-state index contributed by atoms with van der Waals surface area (Å²) in [5.41, 5.74) is 2.20. The van der Waals surface area contributed by atoms with Gasteiger partial charge in [0.05, 0.1) is 21.3 Å². The molecule has 2 aromatic carbocycles. The summed E-state index contributed by atoms with van der Waals surface area (Å²) < 4.78 is 19.0. The predicted molar refractivity (Wildman–Crippen MR) is 103 cm³/mol. The smallest absolute Gasteiger partial charge is 0.259 e. The molecule has 0 saturated carbocycles. The first-order valence-electron chi connectivity index (χ1n) is 8.24. The molecule has 2 heterocycles. The third-order valence-electron chi connectivity index (χ3n) is 4.16. The van der Waals surface area contributed by atoms with Crippen LogP contribution in [-0.4, -0.2) is 27.0 Å². The van der Waals surface area contributed by atoms with Gasteiger partial charge in [-0.2, -0.15) is 10.1 Å². The fourth-order valence-electron chi connectivity index (χ4n) is 2.81. The summed E-state index contributed by atoms with van der Waals surface area (Å²) in [5, 5.41) is 13.2. The molecule has 1 aliphatic rings. The summed E-state index contributed by atoms with van der Waals surface area (Å²) in [7, 11) is 0. The van der Waals surface area contributed by atoms with E-state index in [-0.39, 0.29) is 17.6 Å². The molecule has 6 nitrogen and oxygen atoms in total. The summed E-state index contributed by atoms with van der Waals surface area (Å²) in [6.45, 7) is 1.37. The second-order valence-electron chi connectivity index (χ2n) is 6.05. The summed E-state index contributed by atoms with van der Waals surface area (Å²) in [4.78, 5) is 12.1. The molecule has 4 rings (SSSR count). The summed E-state index contributed by atoms with van der Waals surface area (Å²) in [6.07, 6.45) is -0.897. The van der Waals surface area contributed by atoms with Gasteiger partial charge >= 0.3 is 0 Å². The number of aromatic amines is 1. The van der Waals surface area contributed by atoms with Crippen LogP contribution in [0.4, 0.5) is 4.39 Å². The van der Waals surface area contributed by atoms with Crippen LogP contribution in [0.15, 0.2) is 53.6 Å². The van der Waals surface area contributed by atoms with Crippen LogP contribution in [0.3, 0.4) is 0 Å². The molecule has 142 valence electrons. The highest BCUT2D eigenvalue weighted by atomic mass is 35.5. The Morgan fingerprint density at radius 3 is 2.50 bits per heavy atom. The molecule has 1 atom stereocenters. The number of nitrogens with one attached hydrogen (secondary N) is 1. The number of carbonyl (C=O) groups excluding carboxylic acids is 1. The zero-order valence-electron chi connectivity index (χ0n) is 14.5. The first kappa shape index (κ1) is 18.5. The van der Waals surface area contributed by atoms with Gasteiger partial charge in [-0.05, 0) is 42.5 Å². The van der Waals surface area contributed by atoms with Gasteiger partial charge in [0.15, 0.2) is 0 Å². The van der Waals surface area contributed by atoms with Gasteiger partial charge in [-0.15, -0.1) is 5.10 Å². The number of benzene rings is 2. The second-order valence-corrected chi connectivity index (χ2v) is 6.86. The molecule has 1 aromatic heterocycles. The Balaban J connectivity index is 1.67. The maximum atomic E-state index is 13.1. The summed E-state index contributed by atoms with van der Waals surface area (Å²) >= 11 is 12.5. The average molecular weight is 419 g/mol. The molecule has 0 spiro atoms. The number of ether oxygens (including phenoxy) is 1. The first-order valence-corrected chi connectivity index (χ1v) is 9.00. The van der Waals surface area contributed by atoms with Gasteiger partial charge in [0.1, 0.15) is 11.5 Å². The zero-order chi connectivity index (χ0) is 19.8. The van der Waals surface area contributed by atoms with Crippen molar-refractivity contribution in [2.75, 3.05) is 0 Å². The van der Waals surface area contributed by atoms with E-state index >= 15 is 0 Å². The normalized spacial score (nSPS) is 16.1. The number of hydrogen-bond donors (Lipinski definition) is 1. The molecule has 0 fully saturated rings. The molecule has 1 amide bonds. The van der Waals surface area contributed by atoms with E-state index in [2.05, 4.69) is 15.3 Å². The number of amides is 1. The van der Waals surface area contributed by atoms with E-state index in [4.69, 9.17) is 27.9 Å². The van der Waals surface area contributed by atoms with E-state index in [1.54, 1.807) is 36.4 Å². The Morgan fingerprint density at radius 1 is 1.18 bits per heavy atom. The van der Waals surface area contributed by atoms with Gasteiger partial charge < -0.3 is 4.74 Å². The number of nitrogens with zero attached hydrogens (tertiary/aromatic N) is 3. The third-order valence-corrected chi connectivity index (χ3v) is 4.82. The molecule has 1 N–H and O–H groups in total. The lowest BCUT2D eigenvalue weighted by molar-refractivity contribution is -0.135. The van der Waals surface area contributed by atoms with Crippen LogP contribution in [0.5, 0.6) is 0 Å². The van der Waals surface area contributed by atoms with E-state index in [1.165, 1.54) is 24.1 Å². The van der Waals surface area contributed by atoms with Gasteiger partial charge in [-0.25, -0.2) is 4.39 Å². The number of carbonyl (C=O) groups is 1. The molecule has 0 bridgehead atoms. The molecule has 3 aromatic rings. The lowest BCUT2D eigenvalue weighted by Crippen LogP contribution is -2.25. The number of hydrogen-bond acceptors (Lipinski definition) is 4. The van der Waals surface area contributed by atoms with E-state index < -0.39 is 6.23 Å². The van der Waals surface area contributed by atoms with Crippen LogP contribution >= 0.6 is 23.2 Å². The van der Waals surface area contributed by atoms with Crippen LogP contribution in [0.2, 0.25) is 10.0 Å². The molecule has 0 aliphatic carbocycles. The van der Waals surface area contributed by atoms with Crippen molar-refractivity contribution in [1.29, 1.82) is 0 Å². The molecular weight excluding hydrogens is 406 g/mol. The van der Waals surface area contributed by atoms with Crippen LogP contribution in [0.25, 0.3) is 11.3 Å². The third kappa shape index (κ3) is 3.34. The van der Waals surface area contributed by atoms with Gasteiger partial charge in [-0.3, -0.25) is 9.89 Å². The molecule has 0 saturated heterocycles. The maximum Gasteiger partial charge on any atom is 0.259 e. The Morgan fingerprint density at radius 2 is 1.86 bits per heavy atom. The number of H-pyrrole nitrogens is 1. The minimum absolute atomic E-state index is 0.164. The number of halogens is 3. The van der Waals surface area contributed by atoms with Crippen LogP contribution in [0.1, 0.15) is 24.4 Å². The van der Waals surface area contributed by atoms with Crippen LogP contribution in [-0.2, 0) is 9.53 Å². The van der Waals surface area contributed by atoms with Crippen molar-refractivity contribution in [3.05, 3.63) is 75.7 Å². The minimum atomic E-state index is -0.897. The Hall–Kier alpha value is -2.90. The predicted octanol–water partition coefficient (Wildman–Crippen LogP) is 4.76. The lowest BCUT2D eigenvalue weighted by Gasteiger charge is -2.21. The number of aromatic nitrogens is 2. The molecule has 1 aliphatic heterocycles. The molecular formula is C19H13Cl2FN4O2. The Kier molecular flexibility index (Phi) is 4.78. The molecule has 9 heteroatoms. The highest BCUT2D eigenvalue weighted by Crippen LogP contribution is 2.38. The van der Waals surface area contributed by atoms with E-state index in [0.717, 1.165) is 5.56 Å². The summed E-state index contributed by atoms with van der Waals surface area (Å²) in [6, 6.07) is 12.6. The van der Waals surface area contributed by atoms with Crippen molar-refractivity contribution in [2.24, 2.45) is 5.10 Å². The maximum absolute atomic E-state index is 13.1. The minimum Gasteiger partial charge on any atom is -0.444 e. The van der Waals surface area contributed by atoms with Crippen LogP contribution < -0.4 is 0 Å².